The maximum Gasteiger partial charge on any atom is 0.253 e. The summed E-state index contributed by atoms with van der Waals surface area (Å²) in [7, 11) is 0. The van der Waals surface area contributed by atoms with Crippen molar-refractivity contribution in [3.8, 4) is 0 Å². The van der Waals surface area contributed by atoms with E-state index < -0.39 is 0 Å². The second kappa shape index (κ2) is 6.80. The lowest BCUT2D eigenvalue weighted by Crippen LogP contribution is -2.31. The number of aromatic nitrogens is 1. The molecule has 5 heteroatoms. The molecule has 4 rings (SSSR count). The third-order valence-electron chi connectivity index (χ3n) is 6.15. The standard InChI is InChI=1S/C22H25N3O2/c1-15-3-4-18(11-16(15)2)21(27)25-10-7-22(14-25)12-19(22)20(26)24-13-17-5-8-23-9-6-17/h3-6,8-9,11,19H,7,10,12-14H2,1-2H3,(H,24,26). The molecule has 1 aliphatic carbocycles. The highest BCUT2D eigenvalue weighted by molar-refractivity contribution is 5.95. The average molecular weight is 363 g/mol. The molecular weight excluding hydrogens is 338 g/mol. The summed E-state index contributed by atoms with van der Waals surface area (Å²) < 4.78 is 0. The number of nitrogens with zero attached hydrogens (tertiary/aromatic N) is 2. The number of likely N-dealkylation sites (tertiary alicyclic amines) is 1. The van der Waals surface area contributed by atoms with Gasteiger partial charge in [-0.25, -0.2) is 0 Å². The SMILES string of the molecule is Cc1ccc(C(=O)N2CCC3(CC3C(=O)NCc3ccncc3)C2)cc1C. The fourth-order valence-corrected chi connectivity index (χ4v) is 4.11. The van der Waals surface area contributed by atoms with Gasteiger partial charge >= 0.3 is 0 Å². The van der Waals surface area contributed by atoms with E-state index in [2.05, 4.69) is 10.3 Å². The highest BCUT2D eigenvalue weighted by Crippen LogP contribution is 2.58. The molecule has 2 amide bonds. The summed E-state index contributed by atoms with van der Waals surface area (Å²) in [6.07, 6.45) is 5.25. The molecule has 140 valence electrons. The lowest BCUT2D eigenvalue weighted by atomic mass is 10.0. The number of nitrogens with one attached hydrogen (secondary N) is 1. The van der Waals surface area contributed by atoms with Crippen molar-refractivity contribution in [2.24, 2.45) is 11.3 Å². The van der Waals surface area contributed by atoms with Gasteiger partial charge in [0.2, 0.25) is 5.91 Å². The topological polar surface area (TPSA) is 62.3 Å². The lowest BCUT2D eigenvalue weighted by Gasteiger charge is -2.17. The molecule has 1 spiro atoms. The number of rotatable bonds is 4. The van der Waals surface area contributed by atoms with E-state index in [0.29, 0.717) is 13.1 Å². The number of hydrogen-bond acceptors (Lipinski definition) is 3. The highest BCUT2D eigenvalue weighted by Gasteiger charge is 2.61. The van der Waals surface area contributed by atoms with Crippen LogP contribution in [0.2, 0.25) is 0 Å². The number of benzene rings is 1. The van der Waals surface area contributed by atoms with Gasteiger partial charge < -0.3 is 10.2 Å². The summed E-state index contributed by atoms with van der Waals surface area (Å²) >= 11 is 0. The first kappa shape index (κ1) is 17.7. The molecule has 1 N–H and O–H groups in total. The van der Waals surface area contributed by atoms with Gasteiger partial charge in [0, 0.05) is 48.9 Å². The van der Waals surface area contributed by atoms with E-state index in [-0.39, 0.29) is 23.1 Å². The summed E-state index contributed by atoms with van der Waals surface area (Å²) in [4.78, 5) is 31.3. The van der Waals surface area contributed by atoms with Crippen molar-refractivity contribution in [1.29, 1.82) is 0 Å². The summed E-state index contributed by atoms with van der Waals surface area (Å²) in [5.74, 6) is 0.210. The molecule has 2 heterocycles. The quantitative estimate of drug-likeness (QED) is 0.909. The van der Waals surface area contributed by atoms with Gasteiger partial charge in [0.1, 0.15) is 0 Å². The molecule has 1 aromatic carbocycles. The summed E-state index contributed by atoms with van der Waals surface area (Å²) in [5.41, 5.74) is 4.10. The molecule has 1 aromatic heterocycles. The Morgan fingerprint density at radius 2 is 1.96 bits per heavy atom. The zero-order valence-corrected chi connectivity index (χ0v) is 15.9. The van der Waals surface area contributed by atoms with Gasteiger partial charge in [0.15, 0.2) is 0 Å². The monoisotopic (exact) mass is 363 g/mol. The van der Waals surface area contributed by atoms with Gasteiger partial charge in [-0.1, -0.05) is 6.07 Å². The number of hydrogen-bond donors (Lipinski definition) is 1. The van der Waals surface area contributed by atoms with Crippen molar-refractivity contribution in [2.45, 2.75) is 33.2 Å². The first-order valence-electron chi connectivity index (χ1n) is 9.52. The maximum atomic E-state index is 12.8. The minimum atomic E-state index is -0.0161. The van der Waals surface area contributed by atoms with Crippen LogP contribution in [0.5, 0.6) is 0 Å². The Morgan fingerprint density at radius 3 is 2.70 bits per heavy atom. The van der Waals surface area contributed by atoms with Crippen LogP contribution in [0.25, 0.3) is 0 Å². The normalized spacial score (nSPS) is 23.5. The molecule has 1 saturated carbocycles. The van der Waals surface area contributed by atoms with Gasteiger partial charge in [-0.05, 0) is 67.6 Å². The van der Waals surface area contributed by atoms with Gasteiger partial charge in [-0.15, -0.1) is 0 Å². The molecule has 2 fully saturated rings. The number of pyridine rings is 1. The van der Waals surface area contributed by atoms with E-state index in [4.69, 9.17) is 0 Å². The first-order chi connectivity index (χ1) is 13.0. The van der Waals surface area contributed by atoms with Crippen LogP contribution in [0, 0.1) is 25.2 Å². The minimum absolute atomic E-state index is 0.0161. The molecular formula is C22H25N3O2. The first-order valence-corrected chi connectivity index (χ1v) is 9.52. The van der Waals surface area contributed by atoms with Crippen molar-refractivity contribution in [3.63, 3.8) is 0 Å². The second-order valence-corrected chi connectivity index (χ2v) is 7.97. The fraction of sp³-hybridized carbons (Fsp3) is 0.409. The highest BCUT2D eigenvalue weighted by atomic mass is 16.2. The predicted molar refractivity (Wildman–Crippen MR) is 103 cm³/mol. The number of carbonyl (C=O) groups excluding carboxylic acids is 2. The molecule has 1 saturated heterocycles. The Kier molecular flexibility index (Phi) is 4.46. The Labute approximate surface area is 159 Å². The van der Waals surface area contributed by atoms with E-state index >= 15 is 0 Å². The van der Waals surface area contributed by atoms with Crippen LogP contribution in [0.1, 0.15) is 39.9 Å². The predicted octanol–water partition coefficient (Wildman–Crippen LogP) is 2.87. The van der Waals surface area contributed by atoms with Gasteiger partial charge in [-0.3, -0.25) is 14.6 Å². The minimum Gasteiger partial charge on any atom is -0.352 e. The van der Waals surface area contributed by atoms with Crippen LogP contribution in [0.15, 0.2) is 42.7 Å². The van der Waals surface area contributed by atoms with Crippen molar-refractivity contribution in [2.75, 3.05) is 13.1 Å². The Bertz CT molecular complexity index is 880. The largest absolute Gasteiger partial charge is 0.352 e. The molecule has 2 atom stereocenters. The summed E-state index contributed by atoms with van der Waals surface area (Å²) in [6.45, 7) is 6.03. The summed E-state index contributed by atoms with van der Waals surface area (Å²) in [6, 6.07) is 9.68. The molecule has 27 heavy (non-hydrogen) atoms. The van der Waals surface area contributed by atoms with Crippen LogP contribution in [-0.2, 0) is 11.3 Å². The average Bonchev–Trinajstić information content (AvgIpc) is 3.22. The molecule has 5 nitrogen and oxygen atoms in total. The van der Waals surface area contributed by atoms with E-state index in [9.17, 15) is 9.59 Å². The van der Waals surface area contributed by atoms with Crippen LogP contribution >= 0.6 is 0 Å². The van der Waals surface area contributed by atoms with Crippen molar-refractivity contribution in [1.82, 2.24) is 15.2 Å². The van der Waals surface area contributed by atoms with Gasteiger partial charge in [0.25, 0.3) is 5.91 Å². The molecule has 0 radical (unpaired) electrons. The zero-order valence-electron chi connectivity index (χ0n) is 15.9. The van der Waals surface area contributed by atoms with E-state index in [0.717, 1.165) is 36.1 Å². The smallest absolute Gasteiger partial charge is 0.253 e. The van der Waals surface area contributed by atoms with Crippen molar-refractivity contribution >= 4 is 11.8 Å². The maximum absolute atomic E-state index is 12.8. The van der Waals surface area contributed by atoms with E-state index in [1.54, 1.807) is 12.4 Å². The lowest BCUT2D eigenvalue weighted by molar-refractivity contribution is -0.123. The van der Waals surface area contributed by atoms with E-state index in [1.807, 2.05) is 49.1 Å². The molecule has 1 aliphatic heterocycles. The summed E-state index contributed by atoms with van der Waals surface area (Å²) in [5, 5.41) is 3.03. The fourth-order valence-electron chi connectivity index (χ4n) is 4.11. The molecule has 2 aliphatic rings. The van der Waals surface area contributed by atoms with Crippen LogP contribution in [0.3, 0.4) is 0 Å². The van der Waals surface area contributed by atoms with Crippen molar-refractivity contribution < 1.29 is 9.59 Å². The van der Waals surface area contributed by atoms with Gasteiger partial charge in [0.05, 0.1) is 0 Å². The van der Waals surface area contributed by atoms with Crippen LogP contribution < -0.4 is 5.32 Å². The Hall–Kier alpha value is -2.69. The third-order valence-corrected chi connectivity index (χ3v) is 6.15. The Morgan fingerprint density at radius 1 is 1.19 bits per heavy atom. The number of aryl methyl sites for hydroxylation is 2. The molecule has 2 unspecified atom stereocenters. The van der Waals surface area contributed by atoms with Crippen molar-refractivity contribution in [3.05, 3.63) is 65.0 Å². The van der Waals surface area contributed by atoms with Crippen LogP contribution in [0.4, 0.5) is 0 Å². The second-order valence-electron chi connectivity index (χ2n) is 7.97. The van der Waals surface area contributed by atoms with E-state index in [1.165, 1.54) is 5.56 Å². The zero-order chi connectivity index (χ0) is 19.0. The molecule has 2 aromatic rings. The Balaban J connectivity index is 1.35. The van der Waals surface area contributed by atoms with Crippen LogP contribution in [-0.4, -0.2) is 34.8 Å². The molecule has 0 bridgehead atoms. The third kappa shape index (κ3) is 3.46. The number of amides is 2. The number of carbonyl (C=O) groups is 2. The van der Waals surface area contributed by atoms with Gasteiger partial charge in [-0.2, -0.15) is 0 Å².